The summed E-state index contributed by atoms with van der Waals surface area (Å²) in [6.45, 7) is 4.14. The summed E-state index contributed by atoms with van der Waals surface area (Å²) in [5, 5.41) is 0.976. The Labute approximate surface area is 150 Å². The maximum Gasteiger partial charge on any atom is 0.268 e. The fraction of sp³-hybridized carbons (Fsp3) is 0.333. The summed E-state index contributed by atoms with van der Waals surface area (Å²) in [5.41, 5.74) is 2.68. The minimum Gasteiger partial charge on any atom is -0.238 e. The lowest BCUT2D eigenvalue weighted by atomic mass is 10.1. The number of aromatic nitrogens is 1. The molecule has 25 heavy (non-hydrogen) atoms. The Kier molecular flexibility index (Phi) is 5.28. The summed E-state index contributed by atoms with van der Waals surface area (Å²) in [5.74, 6) is 0. The van der Waals surface area contributed by atoms with Crippen LogP contribution < -0.4 is 0 Å². The van der Waals surface area contributed by atoms with Crippen LogP contribution in [0.4, 0.5) is 0 Å². The highest BCUT2D eigenvalue weighted by atomic mass is 32.2. The molecule has 0 amide bonds. The van der Waals surface area contributed by atoms with E-state index in [2.05, 4.69) is 6.92 Å². The van der Waals surface area contributed by atoms with Crippen LogP contribution >= 0.6 is 0 Å². The minimum absolute atomic E-state index is 0.342. The maximum atomic E-state index is 13.3. The summed E-state index contributed by atoms with van der Waals surface area (Å²) in [7, 11) is -3.60. The first-order valence-corrected chi connectivity index (χ1v) is 10.4. The SMILES string of the molecule is CCCCCCc1cc2ccccc2n1S(=O)(=O)c1ccc(C)cc1. The molecule has 3 aromatic rings. The van der Waals surface area contributed by atoms with E-state index in [0.29, 0.717) is 4.90 Å². The molecule has 0 saturated heterocycles. The summed E-state index contributed by atoms with van der Waals surface area (Å²) in [6.07, 6.45) is 5.27. The zero-order valence-electron chi connectivity index (χ0n) is 14.9. The molecule has 0 spiro atoms. The van der Waals surface area contributed by atoms with Gasteiger partial charge in [-0.25, -0.2) is 12.4 Å². The van der Waals surface area contributed by atoms with Gasteiger partial charge in [-0.1, -0.05) is 62.1 Å². The predicted octanol–water partition coefficient (Wildman–Crippen LogP) is 5.31. The van der Waals surface area contributed by atoms with Crippen LogP contribution in [-0.4, -0.2) is 12.4 Å². The molecule has 0 saturated carbocycles. The van der Waals surface area contributed by atoms with Crippen LogP contribution in [0.1, 0.15) is 43.9 Å². The van der Waals surface area contributed by atoms with Gasteiger partial charge in [0.05, 0.1) is 10.4 Å². The van der Waals surface area contributed by atoms with Crippen molar-refractivity contribution in [3.05, 3.63) is 65.9 Å². The Morgan fingerprint density at radius 2 is 1.64 bits per heavy atom. The Bertz CT molecular complexity index is 953. The molecule has 3 nitrogen and oxygen atoms in total. The van der Waals surface area contributed by atoms with Crippen molar-refractivity contribution in [3.63, 3.8) is 0 Å². The van der Waals surface area contributed by atoms with Gasteiger partial charge in [-0.05, 0) is 44.0 Å². The lowest BCUT2D eigenvalue weighted by Crippen LogP contribution is -2.15. The number of nitrogens with zero attached hydrogens (tertiary/aromatic N) is 1. The number of hydrogen-bond donors (Lipinski definition) is 0. The summed E-state index contributed by atoms with van der Waals surface area (Å²) in [4.78, 5) is 0.342. The molecule has 2 aromatic carbocycles. The number of fused-ring (bicyclic) bond motifs is 1. The number of benzene rings is 2. The van der Waals surface area contributed by atoms with E-state index in [1.807, 2.05) is 49.4 Å². The highest BCUT2D eigenvalue weighted by molar-refractivity contribution is 7.90. The van der Waals surface area contributed by atoms with E-state index in [9.17, 15) is 8.42 Å². The van der Waals surface area contributed by atoms with Crippen molar-refractivity contribution < 1.29 is 8.42 Å². The van der Waals surface area contributed by atoms with E-state index in [4.69, 9.17) is 0 Å². The van der Waals surface area contributed by atoms with Crippen molar-refractivity contribution in [1.82, 2.24) is 3.97 Å². The van der Waals surface area contributed by atoms with Crippen LogP contribution in [0.3, 0.4) is 0 Å². The molecule has 3 rings (SSSR count). The van der Waals surface area contributed by atoms with Gasteiger partial charge in [0.25, 0.3) is 10.0 Å². The normalized spacial score (nSPS) is 11.9. The van der Waals surface area contributed by atoms with Crippen molar-refractivity contribution in [2.24, 2.45) is 0 Å². The van der Waals surface area contributed by atoms with Crippen molar-refractivity contribution in [3.8, 4) is 0 Å². The predicted molar refractivity (Wildman–Crippen MR) is 104 cm³/mol. The second-order valence-corrected chi connectivity index (χ2v) is 8.37. The molecule has 0 atom stereocenters. The third-order valence-corrected chi connectivity index (χ3v) is 6.36. The molecule has 0 unspecified atom stereocenters. The molecule has 132 valence electrons. The average Bonchev–Trinajstić information content (AvgIpc) is 2.98. The molecule has 0 bridgehead atoms. The first-order chi connectivity index (χ1) is 12.0. The van der Waals surface area contributed by atoms with Crippen LogP contribution in [0.15, 0.2) is 59.5 Å². The average molecular weight is 356 g/mol. The Morgan fingerprint density at radius 1 is 0.920 bits per heavy atom. The van der Waals surface area contributed by atoms with Crippen LogP contribution in [-0.2, 0) is 16.4 Å². The molecule has 1 aromatic heterocycles. The van der Waals surface area contributed by atoms with E-state index in [1.165, 1.54) is 12.8 Å². The summed E-state index contributed by atoms with van der Waals surface area (Å²) in [6, 6.07) is 16.8. The van der Waals surface area contributed by atoms with Gasteiger partial charge in [0.1, 0.15) is 0 Å². The molecule has 0 aliphatic rings. The van der Waals surface area contributed by atoms with Crippen molar-refractivity contribution in [2.75, 3.05) is 0 Å². The van der Waals surface area contributed by atoms with Crippen LogP contribution in [0, 0.1) is 6.92 Å². The molecule has 0 fully saturated rings. The molecular formula is C21H25NO2S. The molecular weight excluding hydrogens is 330 g/mol. The first kappa shape index (κ1) is 17.7. The van der Waals surface area contributed by atoms with Crippen LogP contribution in [0.5, 0.6) is 0 Å². The highest BCUT2D eigenvalue weighted by Gasteiger charge is 2.22. The first-order valence-electron chi connectivity index (χ1n) is 8.95. The van der Waals surface area contributed by atoms with Crippen molar-refractivity contribution >= 4 is 20.9 Å². The molecule has 0 aliphatic carbocycles. The van der Waals surface area contributed by atoms with E-state index >= 15 is 0 Å². The van der Waals surface area contributed by atoms with Gasteiger partial charge in [-0.3, -0.25) is 0 Å². The fourth-order valence-corrected chi connectivity index (χ4v) is 4.76. The number of hydrogen-bond acceptors (Lipinski definition) is 2. The zero-order chi connectivity index (χ0) is 17.9. The lowest BCUT2D eigenvalue weighted by molar-refractivity contribution is 0.584. The number of unbranched alkanes of at least 4 members (excludes halogenated alkanes) is 3. The van der Waals surface area contributed by atoms with Gasteiger partial charge in [-0.2, -0.15) is 0 Å². The van der Waals surface area contributed by atoms with Crippen LogP contribution in [0.2, 0.25) is 0 Å². The van der Waals surface area contributed by atoms with Gasteiger partial charge in [0, 0.05) is 11.1 Å². The van der Waals surface area contributed by atoms with Gasteiger partial charge in [0.15, 0.2) is 0 Å². The minimum atomic E-state index is -3.60. The molecule has 4 heteroatoms. The second kappa shape index (κ2) is 7.44. The quantitative estimate of drug-likeness (QED) is 0.539. The second-order valence-electron chi connectivity index (χ2n) is 6.59. The zero-order valence-corrected chi connectivity index (χ0v) is 15.7. The van der Waals surface area contributed by atoms with Crippen molar-refractivity contribution in [2.45, 2.75) is 50.8 Å². The number of aryl methyl sites for hydroxylation is 2. The highest BCUT2D eigenvalue weighted by Crippen LogP contribution is 2.27. The smallest absolute Gasteiger partial charge is 0.238 e. The molecule has 0 radical (unpaired) electrons. The topological polar surface area (TPSA) is 39.1 Å². The summed E-state index contributed by atoms with van der Waals surface area (Å²) >= 11 is 0. The summed E-state index contributed by atoms with van der Waals surface area (Å²) < 4.78 is 28.1. The monoisotopic (exact) mass is 355 g/mol. The molecule has 0 aliphatic heterocycles. The number of rotatable bonds is 7. The third-order valence-electron chi connectivity index (χ3n) is 4.58. The van der Waals surface area contributed by atoms with E-state index in [0.717, 1.165) is 41.4 Å². The Hall–Kier alpha value is -2.07. The van der Waals surface area contributed by atoms with E-state index in [-0.39, 0.29) is 0 Å². The Morgan fingerprint density at radius 3 is 2.36 bits per heavy atom. The molecule has 0 N–H and O–H groups in total. The lowest BCUT2D eigenvalue weighted by Gasteiger charge is -2.12. The van der Waals surface area contributed by atoms with Crippen LogP contribution in [0.25, 0.3) is 10.9 Å². The Balaban J connectivity index is 2.07. The standard InChI is InChI=1S/C21H25NO2S/c1-3-4-5-6-10-19-16-18-9-7-8-11-21(18)22(19)25(23,24)20-14-12-17(2)13-15-20/h7-9,11-16H,3-6,10H2,1-2H3. The fourth-order valence-electron chi connectivity index (χ4n) is 3.19. The number of para-hydroxylation sites is 1. The molecule has 1 heterocycles. The van der Waals surface area contributed by atoms with Gasteiger partial charge in [0.2, 0.25) is 0 Å². The van der Waals surface area contributed by atoms with Gasteiger partial charge >= 0.3 is 0 Å². The maximum absolute atomic E-state index is 13.3. The van der Waals surface area contributed by atoms with Crippen molar-refractivity contribution in [1.29, 1.82) is 0 Å². The largest absolute Gasteiger partial charge is 0.268 e. The van der Waals surface area contributed by atoms with Gasteiger partial charge < -0.3 is 0 Å². The van der Waals surface area contributed by atoms with E-state index < -0.39 is 10.0 Å². The van der Waals surface area contributed by atoms with E-state index in [1.54, 1.807) is 16.1 Å². The van der Waals surface area contributed by atoms with Gasteiger partial charge in [-0.15, -0.1) is 0 Å². The third kappa shape index (κ3) is 3.64.